The number of rotatable bonds is 2. The third-order valence-electron chi connectivity index (χ3n) is 3.95. The van der Waals surface area contributed by atoms with E-state index in [9.17, 15) is 0 Å². The SMILES string of the molecule is C/C=C\c1c(N)nc(N2CCCCC2)c2ccccc12. The summed E-state index contributed by atoms with van der Waals surface area (Å²) in [6.07, 6.45) is 7.87. The molecule has 1 saturated heterocycles. The smallest absolute Gasteiger partial charge is 0.138 e. The van der Waals surface area contributed by atoms with Gasteiger partial charge in [0, 0.05) is 24.0 Å². The van der Waals surface area contributed by atoms with Gasteiger partial charge in [-0.05, 0) is 31.6 Å². The van der Waals surface area contributed by atoms with E-state index in [1.165, 1.54) is 30.0 Å². The Hall–Kier alpha value is -2.03. The Balaban J connectivity index is 2.20. The van der Waals surface area contributed by atoms with Crippen molar-refractivity contribution in [3.8, 4) is 0 Å². The molecule has 1 aromatic heterocycles. The molecule has 1 aromatic carbocycles. The van der Waals surface area contributed by atoms with Gasteiger partial charge in [0.1, 0.15) is 11.6 Å². The third-order valence-corrected chi connectivity index (χ3v) is 3.95. The number of nitrogens with two attached hydrogens (primary N) is 1. The zero-order chi connectivity index (χ0) is 13.9. The first-order chi connectivity index (χ1) is 9.81. The second-order valence-corrected chi connectivity index (χ2v) is 5.33. The molecule has 2 heterocycles. The molecule has 2 aromatic rings. The zero-order valence-electron chi connectivity index (χ0n) is 12.0. The molecule has 0 bridgehead atoms. The number of hydrogen-bond acceptors (Lipinski definition) is 3. The number of anilines is 2. The van der Waals surface area contributed by atoms with E-state index in [2.05, 4.69) is 29.2 Å². The van der Waals surface area contributed by atoms with Crippen LogP contribution >= 0.6 is 0 Å². The summed E-state index contributed by atoms with van der Waals surface area (Å²) in [5.41, 5.74) is 7.22. The summed E-state index contributed by atoms with van der Waals surface area (Å²) in [6.45, 7) is 4.17. The molecule has 0 atom stereocenters. The molecule has 104 valence electrons. The molecule has 0 radical (unpaired) electrons. The van der Waals surface area contributed by atoms with Crippen LogP contribution in [0.4, 0.5) is 11.6 Å². The maximum absolute atomic E-state index is 6.19. The predicted octanol–water partition coefficient (Wildman–Crippen LogP) is 3.84. The second kappa shape index (κ2) is 5.53. The molecule has 1 aliphatic rings. The lowest BCUT2D eigenvalue weighted by molar-refractivity contribution is 0.575. The highest BCUT2D eigenvalue weighted by Crippen LogP contribution is 2.32. The van der Waals surface area contributed by atoms with Crippen LogP contribution in [0.15, 0.2) is 30.3 Å². The molecular formula is C17H21N3. The average molecular weight is 267 g/mol. The van der Waals surface area contributed by atoms with Crippen molar-refractivity contribution in [3.63, 3.8) is 0 Å². The number of nitrogens with zero attached hydrogens (tertiary/aromatic N) is 2. The van der Waals surface area contributed by atoms with Crippen LogP contribution in [0.5, 0.6) is 0 Å². The number of nitrogen functional groups attached to an aromatic ring is 1. The van der Waals surface area contributed by atoms with Crippen LogP contribution in [-0.2, 0) is 0 Å². The van der Waals surface area contributed by atoms with Gasteiger partial charge in [0.05, 0.1) is 0 Å². The average Bonchev–Trinajstić information content (AvgIpc) is 2.51. The van der Waals surface area contributed by atoms with Crippen molar-refractivity contribution in [2.24, 2.45) is 0 Å². The van der Waals surface area contributed by atoms with E-state index >= 15 is 0 Å². The molecule has 0 aliphatic carbocycles. The van der Waals surface area contributed by atoms with Crippen LogP contribution in [0.3, 0.4) is 0 Å². The normalized spacial score (nSPS) is 16.1. The Labute approximate surface area is 120 Å². The first-order valence-corrected chi connectivity index (χ1v) is 7.37. The lowest BCUT2D eigenvalue weighted by atomic mass is 10.0. The Bertz CT molecular complexity index is 640. The number of aromatic nitrogens is 1. The maximum Gasteiger partial charge on any atom is 0.138 e. The van der Waals surface area contributed by atoms with Gasteiger partial charge in [-0.25, -0.2) is 4.98 Å². The zero-order valence-corrected chi connectivity index (χ0v) is 12.0. The lowest BCUT2D eigenvalue weighted by Gasteiger charge is -2.29. The van der Waals surface area contributed by atoms with Crippen LogP contribution in [0, 0.1) is 0 Å². The van der Waals surface area contributed by atoms with Gasteiger partial charge < -0.3 is 10.6 Å². The summed E-state index contributed by atoms with van der Waals surface area (Å²) >= 11 is 0. The third kappa shape index (κ3) is 2.24. The molecule has 1 fully saturated rings. The summed E-state index contributed by atoms with van der Waals surface area (Å²) in [6, 6.07) is 8.43. The Morgan fingerprint density at radius 1 is 1.10 bits per heavy atom. The summed E-state index contributed by atoms with van der Waals surface area (Å²) in [5.74, 6) is 1.67. The summed E-state index contributed by atoms with van der Waals surface area (Å²) in [4.78, 5) is 7.07. The van der Waals surface area contributed by atoms with Gasteiger partial charge in [-0.2, -0.15) is 0 Å². The van der Waals surface area contributed by atoms with Crippen molar-refractivity contribution in [1.29, 1.82) is 0 Å². The van der Waals surface area contributed by atoms with Crippen LogP contribution in [-0.4, -0.2) is 18.1 Å². The molecule has 0 unspecified atom stereocenters. The predicted molar refractivity (Wildman–Crippen MR) is 86.9 cm³/mol. The molecule has 0 amide bonds. The molecule has 20 heavy (non-hydrogen) atoms. The fourth-order valence-electron chi connectivity index (χ4n) is 2.97. The maximum atomic E-state index is 6.19. The van der Waals surface area contributed by atoms with Gasteiger partial charge in [-0.1, -0.05) is 36.4 Å². The molecular weight excluding hydrogens is 246 g/mol. The summed E-state index contributed by atoms with van der Waals surface area (Å²) in [5, 5.41) is 2.40. The Morgan fingerprint density at radius 3 is 2.50 bits per heavy atom. The number of allylic oxidation sites excluding steroid dienone is 1. The topological polar surface area (TPSA) is 42.1 Å². The monoisotopic (exact) mass is 267 g/mol. The minimum absolute atomic E-state index is 0.627. The molecule has 3 nitrogen and oxygen atoms in total. The minimum Gasteiger partial charge on any atom is -0.383 e. The highest BCUT2D eigenvalue weighted by Gasteiger charge is 2.17. The van der Waals surface area contributed by atoms with E-state index in [-0.39, 0.29) is 0 Å². The minimum atomic E-state index is 0.627. The van der Waals surface area contributed by atoms with Gasteiger partial charge in [0.2, 0.25) is 0 Å². The van der Waals surface area contributed by atoms with Crippen molar-refractivity contribution < 1.29 is 0 Å². The van der Waals surface area contributed by atoms with E-state index in [1.54, 1.807) is 0 Å². The van der Waals surface area contributed by atoms with Gasteiger partial charge >= 0.3 is 0 Å². The van der Waals surface area contributed by atoms with Crippen LogP contribution in [0.2, 0.25) is 0 Å². The molecule has 3 rings (SSSR count). The molecule has 1 aliphatic heterocycles. The lowest BCUT2D eigenvalue weighted by Crippen LogP contribution is -2.30. The largest absolute Gasteiger partial charge is 0.383 e. The van der Waals surface area contributed by atoms with Crippen LogP contribution < -0.4 is 10.6 Å². The first kappa shape index (κ1) is 13.0. The van der Waals surface area contributed by atoms with Crippen molar-refractivity contribution >= 4 is 28.5 Å². The van der Waals surface area contributed by atoms with Crippen molar-refractivity contribution in [3.05, 3.63) is 35.9 Å². The number of piperidine rings is 1. The van der Waals surface area contributed by atoms with E-state index in [0.717, 1.165) is 24.5 Å². The van der Waals surface area contributed by atoms with Gasteiger partial charge in [-0.15, -0.1) is 0 Å². The van der Waals surface area contributed by atoms with Crippen molar-refractivity contribution in [2.75, 3.05) is 23.7 Å². The van der Waals surface area contributed by atoms with Gasteiger partial charge in [-0.3, -0.25) is 0 Å². The highest BCUT2D eigenvalue weighted by atomic mass is 15.2. The summed E-state index contributed by atoms with van der Waals surface area (Å²) in [7, 11) is 0. The van der Waals surface area contributed by atoms with E-state index in [1.807, 2.05) is 19.1 Å². The van der Waals surface area contributed by atoms with E-state index in [0.29, 0.717) is 5.82 Å². The Kier molecular flexibility index (Phi) is 3.59. The van der Waals surface area contributed by atoms with Crippen molar-refractivity contribution in [2.45, 2.75) is 26.2 Å². The molecule has 2 N–H and O–H groups in total. The van der Waals surface area contributed by atoms with Gasteiger partial charge in [0.25, 0.3) is 0 Å². The molecule has 3 heteroatoms. The number of hydrogen-bond donors (Lipinski definition) is 1. The van der Waals surface area contributed by atoms with Crippen molar-refractivity contribution in [1.82, 2.24) is 4.98 Å². The molecule has 0 spiro atoms. The second-order valence-electron chi connectivity index (χ2n) is 5.33. The van der Waals surface area contributed by atoms with Gasteiger partial charge in [0.15, 0.2) is 0 Å². The van der Waals surface area contributed by atoms with Crippen LogP contribution in [0.25, 0.3) is 16.8 Å². The number of fused-ring (bicyclic) bond motifs is 1. The first-order valence-electron chi connectivity index (χ1n) is 7.37. The fourth-order valence-corrected chi connectivity index (χ4v) is 2.97. The highest BCUT2D eigenvalue weighted by molar-refractivity contribution is 6.00. The Morgan fingerprint density at radius 2 is 1.80 bits per heavy atom. The standard InChI is InChI=1S/C17H21N3/c1-2-8-14-13-9-4-5-10-15(13)17(19-16(14)18)20-11-6-3-7-12-20/h2,4-5,8-10H,3,6-7,11-12H2,1H3,(H2,18,19)/b8-2-. The quantitative estimate of drug-likeness (QED) is 0.899. The fraction of sp³-hybridized carbons (Fsp3) is 0.353. The summed E-state index contributed by atoms with van der Waals surface area (Å²) < 4.78 is 0. The van der Waals surface area contributed by atoms with E-state index < -0.39 is 0 Å². The van der Waals surface area contributed by atoms with Crippen LogP contribution in [0.1, 0.15) is 31.7 Å². The van der Waals surface area contributed by atoms with E-state index in [4.69, 9.17) is 10.7 Å². The number of pyridine rings is 1. The molecule has 0 saturated carbocycles. The number of benzene rings is 1.